The van der Waals surface area contributed by atoms with Gasteiger partial charge in [0.05, 0.1) is 26.2 Å². The quantitative estimate of drug-likeness (QED) is 0.773. The van der Waals surface area contributed by atoms with Crippen molar-refractivity contribution < 1.29 is 9.64 Å². The molecule has 2 nitrogen and oxygen atoms in total. The standard InChI is InChI=1S/C20H27NO/c1-5-13-21(14-6-1)15-7-2-8-16-22-20-12-11-18-9-3-4-10-19(18)17-20/h3-4,9-12,17H,1-2,5-8,13-16H2/p+1. The molecule has 1 saturated heterocycles. The summed E-state index contributed by atoms with van der Waals surface area (Å²) in [6, 6.07) is 14.8. The number of nitrogens with one attached hydrogen (secondary N) is 1. The Morgan fingerprint density at radius 1 is 0.818 bits per heavy atom. The summed E-state index contributed by atoms with van der Waals surface area (Å²) in [5.41, 5.74) is 0. The number of fused-ring (bicyclic) bond motifs is 1. The number of quaternary nitrogens is 1. The zero-order valence-electron chi connectivity index (χ0n) is 13.5. The minimum Gasteiger partial charge on any atom is -0.494 e. The van der Waals surface area contributed by atoms with Crippen molar-refractivity contribution in [2.24, 2.45) is 0 Å². The molecule has 2 aromatic rings. The Bertz CT molecular complexity index is 575. The lowest BCUT2D eigenvalue weighted by Gasteiger charge is -2.23. The monoisotopic (exact) mass is 298 g/mol. The van der Waals surface area contributed by atoms with Gasteiger partial charge in [-0.2, -0.15) is 0 Å². The molecule has 2 heteroatoms. The van der Waals surface area contributed by atoms with E-state index in [1.807, 2.05) is 4.90 Å². The molecule has 0 atom stereocenters. The first-order chi connectivity index (χ1) is 10.9. The van der Waals surface area contributed by atoms with Crippen LogP contribution in [0.5, 0.6) is 5.75 Å². The number of hydrogen-bond donors (Lipinski definition) is 1. The van der Waals surface area contributed by atoms with Gasteiger partial charge in [-0.3, -0.25) is 0 Å². The van der Waals surface area contributed by atoms with E-state index in [2.05, 4.69) is 42.5 Å². The number of rotatable bonds is 7. The predicted molar refractivity (Wildman–Crippen MR) is 92.7 cm³/mol. The maximum absolute atomic E-state index is 5.90. The van der Waals surface area contributed by atoms with Gasteiger partial charge in [-0.05, 0) is 61.4 Å². The second-order valence-corrected chi connectivity index (χ2v) is 6.48. The SMILES string of the molecule is c1ccc2cc(OCCCCC[NH+]3CCCCC3)ccc2c1. The summed E-state index contributed by atoms with van der Waals surface area (Å²) >= 11 is 0. The highest BCUT2D eigenvalue weighted by atomic mass is 16.5. The average molecular weight is 298 g/mol. The first kappa shape index (κ1) is 15.4. The van der Waals surface area contributed by atoms with Crippen LogP contribution in [-0.2, 0) is 0 Å². The minimum absolute atomic E-state index is 0.841. The molecule has 1 heterocycles. The highest BCUT2D eigenvalue weighted by molar-refractivity contribution is 5.83. The zero-order valence-corrected chi connectivity index (χ0v) is 13.5. The molecule has 2 aromatic carbocycles. The van der Waals surface area contributed by atoms with Crippen LogP contribution in [0.3, 0.4) is 0 Å². The van der Waals surface area contributed by atoms with Crippen molar-refractivity contribution in [1.29, 1.82) is 0 Å². The van der Waals surface area contributed by atoms with Crippen molar-refractivity contribution in [3.05, 3.63) is 42.5 Å². The highest BCUT2D eigenvalue weighted by Gasteiger charge is 2.12. The Hall–Kier alpha value is -1.54. The lowest BCUT2D eigenvalue weighted by Crippen LogP contribution is -3.12. The fourth-order valence-electron chi connectivity index (χ4n) is 3.40. The first-order valence-corrected chi connectivity index (χ1v) is 8.87. The van der Waals surface area contributed by atoms with Gasteiger partial charge in [0, 0.05) is 0 Å². The molecule has 1 aliphatic heterocycles. The number of unbranched alkanes of at least 4 members (excludes halogenated alkanes) is 2. The molecule has 1 N–H and O–H groups in total. The Balaban J connectivity index is 1.33. The van der Waals surface area contributed by atoms with Crippen LogP contribution < -0.4 is 9.64 Å². The summed E-state index contributed by atoms with van der Waals surface area (Å²) in [6.07, 6.45) is 8.11. The van der Waals surface area contributed by atoms with E-state index in [1.54, 1.807) is 0 Å². The molecule has 0 aromatic heterocycles. The van der Waals surface area contributed by atoms with Crippen LogP contribution in [-0.4, -0.2) is 26.2 Å². The Kier molecular flexibility index (Phi) is 5.72. The number of likely N-dealkylation sites (tertiary alicyclic amines) is 1. The van der Waals surface area contributed by atoms with Crippen LogP contribution in [0.1, 0.15) is 38.5 Å². The molecule has 1 fully saturated rings. The molecular weight excluding hydrogens is 270 g/mol. The Morgan fingerprint density at radius 2 is 1.64 bits per heavy atom. The largest absolute Gasteiger partial charge is 0.494 e. The maximum Gasteiger partial charge on any atom is 0.119 e. The van der Waals surface area contributed by atoms with Crippen LogP contribution in [0.2, 0.25) is 0 Å². The molecule has 0 radical (unpaired) electrons. The fourth-order valence-corrected chi connectivity index (χ4v) is 3.40. The molecule has 0 unspecified atom stereocenters. The van der Waals surface area contributed by atoms with Gasteiger partial charge in [-0.25, -0.2) is 0 Å². The van der Waals surface area contributed by atoms with E-state index in [0.717, 1.165) is 12.4 Å². The van der Waals surface area contributed by atoms with E-state index in [0.29, 0.717) is 0 Å². The van der Waals surface area contributed by atoms with E-state index in [-0.39, 0.29) is 0 Å². The van der Waals surface area contributed by atoms with E-state index >= 15 is 0 Å². The summed E-state index contributed by atoms with van der Waals surface area (Å²) in [5.74, 6) is 1.00. The predicted octanol–water partition coefficient (Wildman–Crippen LogP) is 3.46. The highest BCUT2D eigenvalue weighted by Crippen LogP contribution is 2.20. The maximum atomic E-state index is 5.90. The molecule has 1 aliphatic rings. The second-order valence-electron chi connectivity index (χ2n) is 6.48. The third-order valence-corrected chi connectivity index (χ3v) is 4.72. The van der Waals surface area contributed by atoms with Crippen molar-refractivity contribution >= 4 is 10.8 Å². The second kappa shape index (κ2) is 8.19. The van der Waals surface area contributed by atoms with Crippen LogP contribution in [0.25, 0.3) is 10.8 Å². The molecule has 0 spiro atoms. The minimum atomic E-state index is 0.841. The van der Waals surface area contributed by atoms with Gasteiger partial charge < -0.3 is 9.64 Å². The average Bonchev–Trinajstić information content (AvgIpc) is 2.59. The third-order valence-electron chi connectivity index (χ3n) is 4.72. The van der Waals surface area contributed by atoms with Crippen molar-refractivity contribution in [2.75, 3.05) is 26.2 Å². The van der Waals surface area contributed by atoms with Crippen LogP contribution >= 0.6 is 0 Å². The summed E-state index contributed by atoms with van der Waals surface area (Å²) in [5, 5.41) is 2.54. The van der Waals surface area contributed by atoms with E-state index < -0.39 is 0 Å². The summed E-state index contributed by atoms with van der Waals surface area (Å²) in [4.78, 5) is 1.82. The third kappa shape index (κ3) is 4.48. The molecule has 22 heavy (non-hydrogen) atoms. The fraction of sp³-hybridized carbons (Fsp3) is 0.500. The lowest BCUT2D eigenvalue weighted by atomic mass is 10.1. The normalized spacial score (nSPS) is 16.0. The van der Waals surface area contributed by atoms with E-state index in [4.69, 9.17) is 4.74 Å². The summed E-state index contributed by atoms with van der Waals surface area (Å²) in [6.45, 7) is 4.99. The molecule has 0 aliphatic carbocycles. The van der Waals surface area contributed by atoms with Gasteiger partial charge in [-0.1, -0.05) is 30.3 Å². The summed E-state index contributed by atoms with van der Waals surface area (Å²) in [7, 11) is 0. The van der Waals surface area contributed by atoms with Crippen LogP contribution in [0, 0.1) is 0 Å². The van der Waals surface area contributed by atoms with Crippen molar-refractivity contribution in [3.63, 3.8) is 0 Å². The number of piperidine rings is 1. The Labute approximate surface area is 134 Å². The van der Waals surface area contributed by atoms with Crippen molar-refractivity contribution in [1.82, 2.24) is 0 Å². The molecule has 118 valence electrons. The van der Waals surface area contributed by atoms with Crippen molar-refractivity contribution in [2.45, 2.75) is 38.5 Å². The smallest absolute Gasteiger partial charge is 0.119 e. The van der Waals surface area contributed by atoms with Gasteiger partial charge >= 0.3 is 0 Å². The van der Waals surface area contributed by atoms with Gasteiger partial charge in [-0.15, -0.1) is 0 Å². The zero-order chi connectivity index (χ0) is 15.0. The molecular formula is C20H28NO+. The van der Waals surface area contributed by atoms with Gasteiger partial charge in [0.25, 0.3) is 0 Å². The molecule has 0 bridgehead atoms. The van der Waals surface area contributed by atoms with Gasteiger partial charge in [0.2, 0.25) is 0 Å². The van der Waals surface area contributed by atoms with E-state index in [1.165, 1.54) is 68.9 Å². The van der Waals surface area contributed by atoms with Crippen molar-refractivity contribution in [3.8, 4) is 5.75 Å². The molecule has 0 saturated carbocycles. The molecule has 0 amide bonds. The van der Waals surface area contributed by atoms with Gasteiger partial charge in [0.1, 0.15) is 5.75 Å². The number of benzene rings is 2. The lowest BCUT2D eigenvalue weighted by molar-refractivity contribution is -0.905. The molecule has 3 rings (SSSR count). The Morgan fingerprint density at radius 3 is 2.50 bits per heavy atom. The van der Waals surface area contributed by atoms with Crippen LogP contribution in [0.4, 0.5) is 0 Å². The first-order valence-electron chi connectivity index (χ1n) is 8.87. The number of ether oxygens (including phenoxy) is 1. The van der Waals surface area contributed by atoms with E-state index in [9.17, 15) is 0 Å². The number of hydrogen-bond acceptors (Lipinski definition) is 1. The van der Waals surface area contributed by atoms with Gasteiger partial charge in [0.15, 0.2) is 0 Å². The summed E-state index contributed by atoms with van der Waals surface area (Å²) < 4.78 is 5.90. The van der Waals surface area contributed by atoms with Crippen LogP contribution in [0.15, 0.2) is 42.5 Å². The topological polar surface area (TPSA) is 13.7 Å².